The van der Waals surface area contributed by atoms with Gasteiger partial charge in [0.1, 0.15) is 11.5 Å². The highest BCUT2D eigenvalue weighted by Crippen LogP contribution is 2.32. The van der Waals surface area contributed by atoms with Gasteiger partial charge < -0.3 is 9.73 Å². The van der Waals surface area contributed by atoms with Gasteiger partial charge in [0.05, 0.1) is 20.5 Å². The molecule has 1 heterocycles. The second kappa shape index (κ2) is 7.58. The molecule has 28 heavy (non-hydrogen) atoms. The quantitative estimate of drug-likeness (QED) is 0.623. The number of nitrogens with zero attached hydrogens (tertiary/aromatic N) is 1. The van der Waals surface area contributed by atoms with E-state index in [-0.39, 0.29) is 15.5 Å². The predicted octanol–water partition coefficient (Wildman–Crippen LogP) is 4.92. The van der Waals surface area contributed by atoms with Crippen molar-refractivity contribution in [3.05, 3.63) is 63.7 Å². The van der Waals surface area contributed by atoms with Crippen LogP contribution in [0.1, 0.15) is 22.0 Å². The summed E-state index contributed by atoms with van der Waals surface area (Å²) in [5, 5.41) is 3.13. The molecular formula is C19H16Cl2N2O4S. The topological polar surface area (TPSA) is 89.3 Å². The van der Waals surface area contributed by atoms with Gasteiger partial charge in [-0.1, -0.05) is 23.2 Å². The lowest BCUT2D eigenvalue weighted by molar-refractivity contribution is 0.102. The minimum Gasteiger partial charge on any atom is -0.446 e. The number of aromatic nitrogens is 1. The van der Waals surface area contributed by atoms with Crippen LogP contribution in [0.15, 0.2) is 45.7 Å². The Balaban J connectivity index is 1.85. The highest BCUT2D eigenvalue weighted by Gasteiger charge is 2.17. The summed E-state index contributed by atoms with van der Waals surface area (Å²) in [5.74, 6) is 0.699. The van der Waals surface area contributed by atoms with E-state index in [2.05, 4.69) is 10.3 Å². The van der Waals surface area contributed by atoms with Gasteiger partial charge >= 0.3 is 0 Å². The number of carbonyl (C=O) groups excluding carboxylic acids is 1. The highest BCUT2D eigenvalue weighted by atomic mass is 35.5. The van der Waals surface area contributed by atoms with Crippen molar-refractivity contribution in [2.24, 2.45) is 0 Å². The first-order valence-electron chi connectivity index (χ1n) is 8.11. The van der Waals surface area contributed by atoms with Gasteiger partial charge in [0, 0.05) is 24.4 Å². The fourth-order valence-corrected chi connectivity index (χ4v) is 3.92. The summed E-state index contributed by atoms with van der Waals surface area (Å²) in [5.41, 5.74) is 1.93. The lowest BCUT2D eigenvalue weighted by Gasteiger charge is -2.10. The van der Waals surface area contributed by atoms with E-state index in [1.54, 1.807) is 32.0 Å². The number of rotatable bonds is 4. The molecule has 6 nitrogen and oxygen atoms in total. The maximum Gasteiger partial charge on any atom is 0.257 e. The highest BCUT2D eigenvalue weighted by molar-refractivity contribution is 7.90. The maximum absolute atomic E-state index is 12.5. The number of benzene rings is 2. The molecule has 1 amide bonds. The zero-order chi connectivity index (χ0) is 20.6. The molecule has 0 atom stereocenters. The van der Waals surface area contributed by atoms with E-state index in [1.807, 2.05) is 0 Å². The van der Waals surface area contributed by atoms with E-state index in [0.717, 1.165) is 6.26 Å². The summed E-state index contributed by atoms with van der Waals surface area (Å²) in [4.78, 5) is 16.9. The molecule has 146 valence electrons. The minimum absolute atomic E-state index is 0.0387. The SMILES string of the molecule is Cc1nc(-c2ccc(NC(=O)c3ccc(S(C)(=O)=O)cc3Cl)cc2Cl)c(C)o1. The third-order valence-electron chi connectivity index (χ3n) is 4.00. The van der Waals surface area contributed by atoms with Gasteiger partial charge in [-0.05, 0) is 43.3 Å². The fourth-order valence-electron chi connectivity index (χ4n) is 2.67. The molecule has 1 aromatic heterocycles. The second-order valence-electron chi connectivity index (χ2n) is 6.20. The van der Waals surface area contributed by atoms with Crippen molar-refractivity contribution in [2.45, 2.75) is 18.7 Å². The van der Waals surface area contributed by atoms with Crippen molar-refractivity contribution in [3.63, 3.8) is 0 Å². The van der Waals surface area contributed by atoms with Crippen LogP contribution in [-0.4, -0.2) is 25.6 Å². The van der Waals surface area contributed by atoms with E-state index < -0.39 is 15.7 Å². The van der Waals surface area contributed by atoms with Crippen LogP contribution in [0.2, 0.25) is 10.0 Å². The summed E-state index contributed by atoms with van der Waals surface area (Å²) in [7, 11) is -3.41. The monoisotopic (exact) mass is 438 g/mol. The van der Waals surface area contributed by atoms with Gasteiger partial charge in [-0.2, -0.15) is 0 Å². The van der Waals surface area contributed by atoms with Gasteiger partial charge in [0.15, 0.2) is 15.7 Å². The van der Waals surface area contributed by atoms with E-state index in [0.29, 0.717) is 33.6 Å². The molecule has 3 aromatic rings. The van der Waals surface area contributed by atoms with Gasteiger partial charge in [-0.3, -0.25) is 4.79 Å². The van der Waals surface area contributed by atoms with Crippen molar-refractivity contribution < 1.29 is 17.6 Å². The third kappa shape index (κ3) is 4.22. The average molecular weight is 439 g/mol. The molecule has 0 aliphatic heterocycles. The van der Waals surface area contributed by atoms with Crippen molar-refractivity contribution in [2.75, 3.05) is 11.6 Å². The number of halogens is 2. The van der Waals surface area contributed by atoms with Crippen LogP contribution in [0.25, 0.3) is 11.3 Å². The van der Waals surface area contributed by atoms with Gasteiger partial charge in [0.2, 0.25) is 0 Å². The summed E-state index contributed by atoms with van der Waals surface area (Å²) in [6.07, 6.45) is 1.07. The normalized spacial score (nSPS) is 11.5. The Morgan fingerprint density at radius 1 is 1.07 bits per heavy atom. The molecule has 0 bridgehead atoms. The molecule has 0 saturated carbocycles. The van der Waals surface area contributed by atoms with Gasteiger partial charge in [-0.25, -0.2) is 13.4 Å². The van der Waals surface area contributed by atoms with Crippen LogP contribution in [0, 0.1) is 13.8 Å². The van der Waals surface area contributed by atoms with Crippen molar-refractivity contribution in [1.82, 2.24) is 4.98 Å². The average Bonchev–Trinajstić information content (AvgIpc) is 2.92. The van der Waals surface area contributed by atoms with E-state index >= 15 is 0 Å². The van der Waals surface area contributed by atoms with Crippen LogP contribution in [-0.2, 0) is 9.84 Å². The number of sulfone groups is 1. The van der Waals surface area contributed by atoms with Crippen molar-refractivity contribution in [1.29, 1.82) is 0 Å². The number of carbonyl (C=O) groups is 1. The predicted molar refractivity (Wildman–Crippen MR) is 109 cm³/mol. The van der Waals surface area contributed by atoms with Crippen LogP contribution >= 0.6 is 23.2 Å². The smallest absolute Gasteiger partial charge is 0.257 e. The fraction of sp³-hybridized carbons (Fsp3) is 0.158. The molecular weight excluding hydrogens is 423 g/mol. The first-order valence-corrected chi connectivity index (χ1v) is 10.8. The van der Waals surface area contributed by atoms with Crippen LogP contribution in [0.5, 0.6) is 0 Å². The lowest BCUT2D eigenvalue weighted by atomic mass is 10.1. The summed E-state index contributed by atoms with van der Waals surface area (Å²) >= 11 is 12.4. The van der Waals surface area contributed by atoms with Crippen LogP contribution in [0.4, 0.5) is 5.69 Å². The number of nitrogens with one attached hydrogen (secondary N) is 1. The Morgan fingerprint density at radius 3 is 2.32 bits per heavy atom. The van der Waals surface area contributed by atoms with E-state index in [9.17, 15) is 13.2 Å². The van der Waals surface area contributed by atoms with Crippen LogP contribution < -0.4 is 5.32 Å². The first-order chi connectivity index (χ1) is 13.1. The summed E-state index contributed by atoms with van der Waals surface area (Å²) < 4.78 is 28.6. The molecule has 0 aliphatic carbocycles. The number of hydrogen-bond acceptors (Lipinski definition) is 5. The number of hydrogen-bond donors (Lipinski definition) is 1. The van der Waals surface area contributed by atoms with E-state index in [1.165, 1.54) is 18.2 Å². The molecule has 3 rings (SSSR count). The van der Waals surface area contributed by atoms with Crippen molar-refractivity contribution >= 4 is 44.6 Å². The number of aryl methyl sites for hydroxylation is 2. The standard InChI is InChI=1S/C19H16Cl2N2O4S/c1-10-18(22-11(2)27-10)14-6-4-12(8-16(14)20)23-19(24)15-7-5-13(9-17(15)21)28(3,25)26/h4-9H,1-3H3,(H,23,24). The van der Waals surface area contributed by atoms with Crippen LogP contribution in [0.3, 0.4) is 0 Å². The minimum atomic E-state index is -3.41. The Labute approximate surface area is 172 Å². The largest absolute Gasteiger partial charge is 0.446 e. The van der Waals surface area contributed by atoms with Crippen molar-refractivity contribution in [3.8, 4) is 11.3 Å². The number of oxazole rings is 1. The Bertz CT molecular complexity index is 1190. The Kier molecular flexibility index (Phi) is 5.52. The molecule has 2 aromatic carbocycles. The molecule has 0 radical (unpaired) electrons. The molecule has 9 heteroatoms. The number of anilines is 1. The zero-order valence-corrected chi connectivity index (χ0v) is 17.5. The first kappa shape index (κ1) is 20.4. The maximum atomic E-state index is 12.5. The second-order valence-corrected chi connectivity index (χ2v) is 9.03. The molecule has 1 N–H and O–H groups in total. The number of amides is 1. The molecule has 0 spiro atoms. The van der Waals surface area contributed by atoms with E-state index in [4.69, 9.17) is 27.6 Å². The lowest BCUT2D eigenvalue weighted by Crippen LogP contribution is -2.13. The molecule has 0 fully saturated rings. The molecule has 0 saturated heterocycles. The zero-order valence-electron chi connectivity index (χ0n) is 15.2. The third-order valence-corrected chi connectivity index (χ3v) is 5.73. The van der Waals surface area contributed by atoms with Gasteiger partial charge in [-0.15, -0.1) is 0 Å². The van der Waals surface area contributed by atoms with Gasteiger partial charge in [0.25, 0.3) is 5.91 Å². The summed E-state index contributed by atoms with van der Waals surface area (Å²) in [6, 6.07) is 8.96. The Hall–Kier alpha value is -2.35. The Morgan fingerprint density at radius 2 is 1.79 bits per heavy atom. The summed E-state index contributed by atoms with van der Waals surface area (Å²) in [6.45, 7) is 3.54. The molecule has 0 unspecified atom stereocenters. The molecule has 0 aliphatic rings.